The molecule has 0 aliphatic carbocycles. The number of benzene rings is 1. The lowest BCUT2D eigenvalue weighted by Gasteiger charge is -2.03. The molecule has 1 heterocycles. The van der Waals surface area contributed by atoms with Crippen LogP contribution in [0.1, 0.15) is 11.3 Å². The second-order valence-corrected chi connectivity index (χ2v) is 5.06. The zero-order chi connectivity index (χ0) is 14.7. The summed E-state index contributed by atoms with van der Waals surface area (Å²) in [4.78, 5) is 21.8. The molecule has 0 radical (unpaired) electrons. The maximum Gasteiger partial charge on any atom is 0.353 e. The zero-order valence-electron chi connectivity index (χ0n) is 10.5. The van der Waals surface area contributed by atoms with Gasteiger partial charge < -0.3 is 9.52 Å². The Morgan fingerprint density at radius 1 is 1.35 bits per heavy atom. The number of thioether (sulfide) groups is 1. The van der Waals surface area contributed by atoms with Crippen molar-refractivity contribution in [2.24, 2.45) is 0 Å². The molecule has 0 atom stereocenters. The molecule has 1 N–H and O–H groups in total. The van der Waals surface area contributed by atoms with E-state index in [9.17, 15) is 20.0 Å². The fourth-order valence-corrected chi connectivity index (χ4v) is 2.46. The van der Waals surface area contributed by atoms with E-state index in [0.29, 0.717) is 11.5 Å². The van der Waals surface area contributed by atoms with Gasteiger partial charge in [0, 0.05) is 24.0 Å². The predicted molar refractivity (Wildman–Crippen MR) is 74.0 cm³/mol. The first kappa shape index (κ1) is 14.1. The molecule has 0 amide bonds. The third kappa shape index (κ3) is 3.18. The Labute approximate surface area is 118 Å². The second-order valence-electron chi connectivity index (χ2n) is 4.07. The molecule has 2 aromatic rings. The highest BCUT2D eigenvalue weighted by atomic mass is 32.2. The van der Waals surface area contributed by atoms with E-state index in [1.165, 1.54) is 18.2 Å². The van der Waals surface area contributed by atoms with Gasteiger partial charge in [-0.2, -0.15) is 0 Å². The van der Waals surface area contributed by atoms with Crippen LogP contribution in [0.2, 0.25) is 0 Å². The molecule has 0 spiro atoms. The molecular weight excluding hydrogens is 282 g/mol. The van der Waals surface area contributed by atoms with Crippen molar-refractivity contribution in [3.05, 3.63) is 62.2 Å². The maximum atomic E-state index is 11.6. The van der Waals surface area contributed by atoms with Gasteiger partial charge in [0.15, 0.2) is 0 Å². The van der Waals surface area contributed by atoms with Crippen LogP contribution in [0.25, 0.3) is 0 Å². The van der Waals surface area contributed by atoms with Gasteiger partial charge in [-0.1, -0.05) is 12.1 Å². The molecule has 0 aliphatic rings. The van der Waals surface area contributed by atoms with Crippen LogP contribution in [-0.4, -0.2) is 10.0 Å². The molecule has 6 nitrogen and oxygen atoms in total. The van der Waals surface area contributed by atoms with Crippen LogP contribution in [0.3, 0.4) is 0 Å². The maximum absolute atomic E-state index is 11.6. The van der Waals surface area contributed by atoms with Crippen LogP contribution in [-0.2, 0) is 5.75 Å². The number of hydrogen-bond donors (Lipinski definition) is 1. The minimum Gasteiger partial charge on any atom is -0.506 e. The SMILES string of the molecule is Cc1cc(O)c(SCc2ccc([N+](=O)[O-])cc2)c(=O)o1. The summed E-state index contributed by atoms with van der Waals surface area (Å²) in [6, 6.07) is 7.39. The number of aryl methyl sites for hydroxylation is 1. The van der Waals surface area contributed by atoms with E-state index >= 15 is 0 Å². The van der Waals surface area contributed by atoms with Gasteiger partial charge in [0.05, 0.1) is 4.92 Å². The van der Waals surface area contributed by atoms with E-state index in [1.807, 2.05) is 0 Å². The molecule has 0 saturated heterocycles. The standard InChI is InChI=1S/C13H11NO5S/c1-8-6-11(15)12(13(16)19-8)20-7-9-2-4-10(5-3-9)14(17)18/h2-6,15H,7H2,1H3. The van der Waals surface area contributed by atoms with Gasteiger partial charge in [0.1, 0.15) is 16.4 Å². The molecule has 7 heteroatoms. The molecule has 104 valence electrons. The predicted octanol–water partition coefficient (Wildman–Crippen LogP) is 2.85. The van der Waals surface area contributed by atoms with E-state index in [2.05, 4.69) is 0 Å². The highest BCUT2D eigenvalue weighted by molar-refractivity contribution is 7.98. The van der Waals surface area contributed by atoms with Crippen molar-refractivity contribution in [1.82, 2.24) is 0 Å². The smallest absolute Gasteiger partial charge is 0.353 e. The number of rotatable bonds is 4. The van der Waals surface area contributed by atoms with Crippen LogP contribution in [0.15, 0.2) is 44.4 Å². The van der Waals surface area contributed by atoms with Crippen LogP contribution in [0, 0.1) is 17.0 Å². The molecule has 0 saturated carbocycles. The average molecular weight is 293 g/mol. The number of nitro groups is 1. The van der Waals surface area contributed by atoms with E-state index in [0.717, 1.165) is 17.3 Å². The van der Waals surface area contributed by atoms with Gasteiger partial charge in [-0.3, -0.25) is 10.1 Å². The summed E-state index contributed by atoms with van der Waals surface area (Å²) < 4.78 is 4.90. The van der Waals surface area contributed by atoms with Crippen molar-refractivity contribution in [3.8, 4) is 5.75 Å². The molecule has 2 rings (SSSR count). The normalized spacial score (nSPS) is 10.4. The Hall–Kier alpha value is -2.28. The third-order valence-corrected chi connectivity index (χ3v) is 3.68. The number of hydrogen-bond acceptors (Lipinski definition) is 6. The monoisotopic (exact) mass is 293 g/mol. The molecule has 0 bridgehead atoms. The first-order valence-corrected chi connectivity index (χ1v) is 6.66. The van der Waals surface area contributed by atoms with Crippen LogP contribution in [0.4, 0.5) is 5.69 Å². The van der Waals surface area contributed by atoms with Gasteiger partial charge in [0.2, 0.25) is 0 Å². The molecular formula is C13H11NO5S. The topological polar surface area (TPSA) is 93.6 Å². The highest BCUT2D eigenvalue weighted by Crippen LogP contribution is 2.28. The van der Waals surface area contributed by atoms with Crippen molar-refractivity contribution in [2.75, 3.05) is 0 Å². The lowest BCUT2D eigenvalue weighted by molar-refractivity contribution is -0.384. The van der Waals surface area contributed by atoms with Gasteiger partial charge in [-0.25, -0.2) is 4.79 Å². The summed E-state index contributed by atoms with van der Waals surface area (Å²) in [5.41, 5.74) is 0.228. The number of nitrogens with zero attached hydrogens (tertiary/aromatic N) is 1. The molecule has 20 heavy (non-hydrogen) atoms. The summed E-state index contributed by atoms with van der Waals surface area (Å²) in [6.45, 7) is 1.58. The lowest BCUT2D eigenvalue weighted by atomic mass is 10.2. The van der Waals surface area contributed by atoms with Crippen molar-refractivity contribution in [1.29, 1.82) is 0 Å². The molecule has 0 unspecified atom stereocenters. The zero-order valence-corrected chi connectivity index (χ0v) is 11.3. The van der Waals surface area contributed by atoms with E-state index in [4.69, 9.17) is 4.42 Å². The summed E-state index contributed by atoms with van der Waals surface area (Å²) >= 11 is 1.12. The minimum absolute atomic E-state index is 0.0106. The Balaban J connectivity index is 2.13. The Morgan fingerprint density at radius 3 is 2.55 bits per heavy atom. The fraction of sp³-hybridized carbons (Fsp3) is 0.154. The summed E-state index contributed by atoms with van der Waals surface area (Å²) in [5.74, 6) is 0.622. The van der Waals surface area contributed by atoms with Gasteiger partial charge in [-0.05, 0) is 12.5 Å². The first-order chi connectivity index (χ1) is 9.47. The van der Waals surface area contributed by atoms with Gasteiger partial charge >= 0.3 is 5.63 Å². The van der Waals surface area contributed by atoms with Crippen LogP contribution < -0.4 is 5.63 Å². The second kappa shape index (κ2) is 5.79. The average Bonchev–Trinajstić information content (AvgIpc) is 2.38. The van der Waals surface area contributed by atoms with Crippen molar-refractivity contribution >= 4 is 17.4 Å². The van der Waals surface area contributed by atoms with E-state index in [-0.39, 0.29) is 16.3 Å². The molecule has 0 fully saturated rings. The fourth-order valence-electron chi connectivity index (χ4n) is 1.59. The quantitative estimate of drug-likeness (QED) is 0.529. The number of nitro benzene ring substituents is 1. The molecule has 0 aliphatic heterocycles. The van der Waals surface area contributed by atoms with Crippen molar-refractivity contribution < 1.29 is 14.4 Å². The first-order valence-electron chi connectivity index (χ1n) is 5.67. The largest absolute Gasteiger partial charge is 0.506 e. The van der Waals surface area contributed by atoms with E-state index < -0.39 is 10.5 Å². The van der Waals surface area contributed by atoms with Crippen LogP contribution in [0.5, 0.6) is 5.75 Å². The number of non-ortho nitro benzene ring substituents is 1. The lowest BCUT2D eigenvalue weighted by Crippen LogP contribution is -2.03. The third-order valence-electron chi connectivity index (χ3n) is 2.54. The Bertz CT molecular complexity index is 693. The van der Waals surface area contributed by atoms with Crippen LogP contribution >= 0.6 is 11.8 Å². The van der Waals surface area contributed by atoms with Gasteiger partial charge in [-0.15, -0.1) is 11.8 Å². The summed E-state index contributed by atoms with van der Waals surface area (Å²) in [5, 5.41) is 20.2. The molecule has 1 aromatic heterocycles. The Morgan fingerprint density at radius 2 is 2.00 bits per heavy atom. The van der Waals surface area contributed by atoms with Crippen molar-refractivity contribution in [3.63, 3.8) is 0 Å². The summed E-state index contributed by atoms with van der Waals surface area (Å²) in [6.07, 6.45) is 0. The Kier molecular flexibility index (Phi) is 4.09. The van der Waals surface area contributed by atoms with Crippen molar-refractivity contribution in [2.45, 2.75) is 17.6 Å². The molecule has 1 aromatic carbocycles. The van der Waals surface area contributed by atoms with Gasteiger partial charge in [0.25, 0.3) is 5.69 Å². The van der Waals surface area contributed by atoms with E-state index in [1.54, 1.807) is 19.1 Å². The number of aromatic hydroxyl groups is 1. The highest BCUT2D eigenvalue weighted by Gasteiger charge is 2.11. The summed E-state index contributed by atoms with van der Waals surface area (Å²) in [7, 11) is 0. The minimum atomic E-state index is -0.589.